The second-order valence-electron chi connectivity index (χ2n) is 3.63. The van der Waals surface area contributed by atoms with Crippen molar-refractivity contribution in [2.75, 3.05) is 6.61 Å². The number of aromatic nitrogens is 1. The summed E-state index contributed by atoms with van der Waals surface area (Å²) in [5.74, 6) is 0. The van der Waals surface area contributed by atoms with E-state index in [1.807, 2.05) is 13.1 Å². The fraction of sp³-hybridized carbons (Fsp3) is 0.636. The third-order valence-electron chi connectivity index (χ3n) is 2.05. The zero-order valence-electron chi connectivity index (χ0n) is 9.29. The van der Waals surface area contributed by atoms with Gasteiger partial charge in [-0.1, -0.05) is 13.8 Å². The van der Waals surface area contributed by atoms with E-state index in [4.69, 9.17) is 4.74 Å². The average Bonchev–Trinajstić information content (AvgIpc) is 2.58. The maximum Gasteiger partial charge on any atom is 0.122 e. The van der Waals surface area contributed by atoms with E-state index in [0.717, 1.165) is 13.2 Å². The predicted octanol–water partition coefficient (Wildman–Crippen LogP) is 1.98. The molecular weight excluding hydrogens is 176 g/mol. The zero-order valence-corrected chi connectivity index (χ0v) is 9.29. The van der Waals surface area contributed by atoms with Crippen LogP contribution in [0.25, 0.3) is 0 Å². The lowest BCUT2D eigenvalue weighted by atomic mass is 10.3. The predicted molar refractivity (Wildman–Crippen MR) is 58.0 cm³/mol. The van der Waals surface area contributed by atoms with E-state index in [1.54, 1.807) is 0 Å². The lowest BCUT2D eigenvalue weighted by Gasteiger charge is -2.11. The molecule has 3 nitrogen and oxygen atoms in total. The van der Waals surface area contributed by atoms with Crippen molar-refractivity contribution >= 4 is 0 Å². The minimum atomic E-state index is 0.519. The lowest BCUT2D eigenvalue weighted by Crippen LogP contribution is -2.23. The molecule has 1 heterocycles. The van der Waals surface area contributed by atoms with Crippen LogP contribution in [0.3, 0.4) is 0 Å². The smallest absolute Gasteiger partial charge is 0.122 e. The molecule has 1 aromatic rings. The van der Waals surface area contributed by atoms with Crippen LogP contribution in [0.4, 0.5) is 0 Å². The first-order valence-corrected chi connectivity index (χ1v) is 5.19. The first kappa shape index (κ1) is 11.3. The van der Waals surface area contributed by atoms with Crippen LogP contribution in [0, 0.1) is 0 Å². The maximum absolute atomic E-state index is 5.36. The average molecular weight is 196 g/mol. The monoisotopic (exact) mass is 196 g/mol. The highest BCUT2D eigenvalue weighted by molar-refractivity contribution is 5.06. The van der Waals surface area contributed by atoms with Gasteiger partial charge in [-0.05, 0) is 19.1 Å². The summed E-state index contributed by atoms with van der Waals surface area (Å²) in [5, 5.41) is 3.39. The van der Waals surface area contributed by atoms with E-state index < -0.39 is 0 Å². The zero-order chi connectivity index (χ0) is 10.4. The molecule has 1 aromatic heterocycles. The van der Waals surface area contributed by atoms with Gasteiger partial charge in [-0.3, -0.25) is 0 Å². The van der Waals surface area contributed by atoms with Crippen molar-refractivity contribution in [2.45, 2.75) is 40.1 Å². The number of nitrogens with one attached hydrogen (secondary N) is 1. The minimum Gasteiger partial charge on any atom is -0.361 e. The van der Waals surface area contributed by atoms with Crippen molar-refractivity contribution < 1.29 is 4.74 Å². The van der Waals surface area contributed by atoms with E-state index >= 15 is 0 Å². The molecule has 0 unspecified atom stereocenters. The standard InChI is InChI=1S/C11H20N2O/c1-4-14-9-13-7-5-6-11(13)8-12-10(2)3/h5-7,10,12H,4,8-9H2,1-3H3. The third-order valence-corrected chi connectivity index (χ3v) is 2.05. The highest BCUT2D eigenvalue weighted by Gasteiger charge is 2.00. The van der Waals surface area contributed by atoms with Crippen molar-refractivity contribution in [3.63, 3.8) is 0 Å². The van der Waals surface area contributed by atoms with Crippen molar-refractivity contribution in [1.82, 2.24) is 9.88 Å². The van der Waals surface area contributed by atoms with Crippen LogP contribution < -0.4 is 5.32 Å². The Morgan fingerprint density at radius 2 is 2.29 bits per heavy atom. The summed E-state index contributed by atoms with van der Waals surface area (Å²) in [5.41, 5.74) is 1.27. The molecule has 1 N–H and O–H groups in total. The topological polar surface area (TPSA) is 26.2 Å². The van der Waals surface area contributed by atoms with Gasteiger partial charge in [0, 0.05) is 31.1 Å². The highest BCUT2D eigenvalue weighted by atomic mass is 16.5. The van der Waals surface area contributed by atoms with Crippen LogP contribution in [-0.2, 0) is 18.0 Å². The van der Waals surface area contributed by atoms with Gasteiger partial charge < -0.3 is 14.6 Å². The van der Waals surface area contributed by atoms with Crippen LogP contribution in [0.2, 0.25) is 0 Å². The van der Waals surface area contributed by atoms with Crippen LogP contribution in [0.15, 0.2) is 18.3 Å². The molecule has 80 valence electrons. The first-order chi connectivity index (χ1) is 6.74. The largest absolute Gasteiger partial charge is 0.361 e. The van der Waals surface area contributed by atoms with Crippen LogP contribution in [-0.4, -0.2) is 17.2 Å². The molecule has 0 aliphatic rings. The normalized spacial score (nSPS) is 11.1. The molecule has 0 bridgehead atoms. The van der Waals surface area contributed by atoms with Crippen LogP contribution in [0.1, 0.15) is 26.5 Å². The summed E-state index contributed by atoms with van der Waals surface area (Å²) in [6.07, 6.45) is 2.05. The fourth-order valence-corrected chi connectivity index (χ4v) is 1.23. The summed E-state index contributed by atoms with van der Waals surface area (Å²) in [6.45, 7) is 8.62. The van der Waals surface area contributed by atoms with Gasteiger partial charge in [0.2, 0.25) is 0 Å². The van der Waals surface area contributed by atoms with E-state index in [0.29, 0.717) is 12.8 Å². The van der Waals surface area contributed by atoms with Gasteiger partial charge in [0.15, 0.2) is 0 Å². The lowest BCUT2D eigenvalue weighted by molar-refractivity contribution is 0.0859. The SMILES string of the molecule is CCOCn1cccc1CNC(C)C. The summed E-state index contributed by atoms with van der Waals surface area (Å²) < 4.78 is 7.48. The molecule has 3 heteroatoms. The van der Waals surface area contributed by atoms with Gasteiger partial charge in [-0.25, -0.2) is 0 Å². The molecule has 0 spiro atoms. The Balaban J connectivity index is 2.45. The minimum absolute atomic E-state index is 0.519. The summed E-state index contributed by atoms with van der Waals surface area (Å²) >= 11 is 0. The molecule has 0 amide bonds. The van der Waals surface area contributed by atoms with E-state index in [-0.39, 0.29) is 0 Å². The van der Waals surface area contributed by atoms with Crippen LogP contribution >= 0.6 is 0 Å². The van der Waals surface area contributed by atoms with Crippen LogP contribution in [0.5, 0.6) is 0 Å². The summed E-state index contributed by atoms with van der Waals surface area (Å²) in [6, 6.07) is 4.69. The number of nitrogens with zero attached hydrogens (tertiary/aromatic N) is 1. The van der Waals surface area contributed by atoms with Gasteiger partial charge in [0.05, 0.1) is 0 Å². The Kier molecular flexibility index (Phi) is 4.70. The Hall–Kier alpha value is -0.800. The van der Waals surface area contributed by atoms with Crippen molar-refractivity contribution in [2.24, 2.45) is 0 Å². The summed E-state index contributed by atoms with van der Waals surface area (Å²) in [7, 11) is 0. The molecule has 0 aromatic carbocycles. The highest BCUT2D eigenvalue weighted by Crippen LogP contribution is 2.02. The second kappa shape index (κ2) is 5.83. The third kappa shape index (κ3) is 3.52. The molecule has 0 aliphatic heterocycles. The molecule has 1 rings (SSSR count). The molecule has 0 radical (unpaired) electrons. The first-order valence-electron chi connectivity index (χ1n) is 5.19. The molecule has 0 atom stereocenters. The Labute approximate surface area is 86.1 Å². The quantitative estimate of drug-likeness (QED) is 0.753. The van der Waals surface area contributed by atoms with Gasteiger partial charge >= 0.3 is 0 Å². The van der Waals surface area contributed by atoms with Crippen molar-refractivity contribution in [3.05, 3.63) is 24.0 Å². The Bertz CT molecular complexity index is 256. The van der Waals surface area contributed by atoms with Crippen molar-refractivity contribution in [1.29, 1.82) is 0 Å². The molecule has 0 fully saturated rings. The summed E-state index contributed by atoms with van der Waals surface area (Å²) in [4.78, 5) is 0. The molecular formula is C11H20N2O. The van der Waals surface area contributed by atoms with E-state index in [1.165, 1.54) is 5.69 Å². The number of hydrogen-bond donors (Lipinski definition) is 1. The Morgan fingerprint density at radius 3 is 2.93 bits per heavy atom. The fourth-order valence-electron chi connectivity index (χ4n) is 1.23. The number of ether oxygens (including phenoxy) is 1. The van der Waals surface area contributed by atoms with Gasteiger partial charge in [0.25, 0.3) is 0 Å². The molecule has 14 heavy (non-hydrogen) atoms. The molecule has 0 aliphatic carbocycles. The maximum atomic E-state index is 5.36. The van der Waals surface area contributed by atoms with Gasteiger partial charge in [-0.2, -0.15) is 0 Å². The number of hydrogen-bond acceptors (Lipinski definition) is 2. The Morgan fingerprint density at radius 1 is 1.50 bits per heavy atom. The van der Waals surface area contributed by atoms with E-state index in [2.05, 4.69) is 35.9 Å². The van der Waals surface area contributed by atoms with E-state index in [9.17, 15) is 0 Å². The molecule has 0 saturated carbocycles. The van der Waals surface area contributed by atoms with Gasteiger partial charge in [-0.15, -0.1) is 0 Å². The van der Waals surface area contributed by atoms with Crippen molar-refractivity contribution in [3.8, 4) is 0 Å². The van der Waals surface area contributed by atoms with Gasteiger partial charge in [0.1, 0.15) is 6.73 Å². The second-order valence-corrected chi connectivity index (χ2v) is 3.63. The number of rotatable bonds is 6. The molecule has 0 saturated heterocycles.